The van der Waals surface area contributed by atoms with E-state index in [4.69, 9.17) is 10.5 Å². The summed E-state index contributed by atoms with van der Waals surface area (Å²) in [6, 6.07) is 4.99. The highest BCUT2D eigenvalue weighted by atomic mass is 32.2. The summed E-state index contributed by atoms with van der Waals surface area (Å²) >= 11 is 1.13. The number of hydrogen-bond donors (Lipinski definition) is 1. The van der Waals surface area contributed by atoms with Crippen LogP contribution < -0.4 is 10.9 Å². The molecule has 1 aliphatic heterocycles. The monoisotopic (exact) mass is 320 g/mol. The van der Waals surface area contributed by atoms with E-state index in [1.54, 1.807) is 6.92 Å². The first-order valence-corrected chi connectivity index (χ1v) is 7.60. The Morgan fingerprint density at radius 3 is 2.82 bits per heavy atom. The van der Waals surface area contributed by atoms with Crippen molar-refractivity contribution in [2.24, 2.45) is 5.92 Å². The molecule has 0 bridgehead atoms. The zero-order valence-electron chi connectivity index (χ0n) is 11.7. The highest BCUT2D eigenvalue weighted by molar-refractivity contribution is 8.01. The number of halogens is 1. The average Bonchev–Trinajstić information content (AvgIpc) is 2.94. The van der Waals surface area contributed by atoms with Crippen molar-refractivity contribution in [1.29, 1.82) is 10.5 Å². The highest BCUT2D eigenvalue weighted by Gasteiger charge is 2.39. The number of hydrogen-bond acceptors (Lipinski definition) is 5. The fourth-order valence-corrected chi connectivity index (χ4v) is 3.49. The van der Waals surface area contributed by atoms with Crippen molar-refractivity contribution in [2.45, 2.75) is 30.4 Å². The summed E-state index contributed by atoms with van der Waals surface area (Å²) < 4.78 is 14.7. The van der Waals surface area contributed by atoms with Crippen LogP contribution in [0.2, 0.25) is 0 Å². The van der Waals surface area contributed by atoms with Crippen LogP contribution in [0.3, 0.4) is 0 Å². The summed E-state index contributed by atoms with van der Waals surface area (Å²) in [5.41, 5.74) is -0.566. The molecule has 1 aromatic rings. The van der Waals surface area contributed by atoms with Crippen molar-refractivity contribution in [3.63, 3.8) is 0 Å². The van der Waals surface area contributed by atoms with Crippen LogP contribution in [0, 0.1) is 34.4 Å². The Morgan fingerprint density at radius 1 is 1.55 bits per heavy atom. The van der Waals surface area contributed by atoms with Gasteiger partial charge in [-0.25, -0.2) is 4.39 Å². The predicted molar refractivity (Wildman–Crippen MR) is 79.5 cm³/mol. The average molecular weight is 320 g/mol. The van der Waals surface area contributed by atoms with E-state index in [2.05, 4.69) is 5.32 Å². The maximum Gasteiger partial charge on any atom is 0.286 e. The summed E-state index contributed by atoms with van der Waals surface area (Å²) in [5.74, 6) is -1.83. The number of nitriles is 2. The number of aryl methyl sites for hydroxylation is 1. The van der Waals surface area contributed by atoms with Crippen molar-refractivity contribution in [1.82, 2.24) is 4.57 Å². The van der Waals surface area contributed by atoms with Gasteiger partial charge in [0.2, 0.25) is 5.91 Å². The van der Waals surface area contributed by atoms with E-state index in [0.717, 1.165) is 22.4 Å². The van der Waals surface area contributed by atoms with Gasteiger partial charge in [0.25, 0.3) is 5.56 Å². The second kappa shape index (κ2) is 6.63. The number of nitrogens with one attached hydrogen (secondary N) is 1. The second-order valence-electron chi connectivity index (χ2n) is 4.80. The van der Waals surface area contributed by atoms with Crippen LogP contribution in [-0.4, -0.2) is 21.0 Å². The van der Waals surface area contributed by atoms with E-state index < -0.39 is 33.7 Å². The van der Waals surface area contributed by atoms with Crippen LogP contribution in [0.5, 0.6) is 0 Å². The Bertz CT molecular complexity index is 712. The molecule has 114 valence electrons. The third-order valence-electron chi connectivity index (χ3n) is 3.38. The molecule has 2 rings (SSSR count). The summed E-state index contributed by atoms with van der Waals surface area (Å²) in [5, 5.41) is 19.4. The van der Waals surface area contributed by atoms with Crippen molar-refractivity contribution in [2.75, 3.05) is 5.32 Å². The number of carbonyl (C=O) groups excluding carboxylic acids is 1. The van der Waals surface area contributed by atoms with Crippen molar-refractivity contribution >= 4 is 23.4 Å². The SMILES string of the molecule is CCn1cc(NC(=O)C2CC(C#N)C(C#N)S2)cc(F)c1=O. The Labute approximate surface area is 130 Å². The molecule has 1 N–H and O–H groups in total. The number of rotatable bonds is 3. The molecule has 8 heteroatoms. The predicted octanol–water partition coefficient (Wildman–Crippen LogP) is 1.48. The molecule has 0 aromatic carbocycles. The van der Waals surface area contributed by atoms with Crippen LogP contribution in [0.25, 0.3) is 0 Å². The third kappa shape index (κ3) is 3.12. The summed E-state index contributed by atoms with van der Waals surface area (Å²) in [7, 11) is 0. The van der Waals surface area contributed by atoms with Crippen molar-refractivity contribution in [3.8, 4) is 12.1 Å². The number of pyridine rings is 1. The minimum atomic E-state index is -0.941. The lowest BCUT2D eigenvalue weighted by molar-refractivity contribution is -0.115. The molecule has 3 atom stereocenters. The second-order valence-corrected chi connectivity index (χ2v) is 6.15. The largest absolute Gasteiger partial charge is 0.324 e. The van der Waals surface area contributed by atoms with Crippen LogP contribution >= 0.6 is 11.8 Å². The first-order chi connectivity index (χ1) is 10.5. The molecule has 3 unspecified atom stereocenters. The standard InChI is InChI=1S/C14H13FN4O2S/c1-2-19-7-9(4-10(15)14(19)21)18-13(20)11-3-8(5-16)12(6-17)22-11/h4,7-8,11-12H,2-3H2,1H3,(H,18,20). The van der Waals surface area contributed by atoms with E-state index in [1.807, 2.05) is 12.1 Å². The maximum atomic E-state index is 13.5. The molecule has 0 spiro atoms. The van der Waals surface area contributed by atoms with Crippen LogP contribution in [0.4, 0.5) is 10.1 Å². The zero-order chi connectivity index (χ0) is 16.3. The summed E-state index contributed by atoms with van der Waals surface area (Å²) in [6.07, 6.45) is 1.65. The lowest BCUT2D eigenvalue weighted by Gasteiger charge is -2.11. The number of nitrogens with zero attached hydrogens (tertiary/aromatic N) is 3. The molecule has 6 nitrogen and oxygen atoms in total. The lowest BCUT2D eigenvalue weighted by atomic mass is 10.0. The van der Waals surface area contributed by atoms with Gasteiger partial charge < -0.3 is 9.88 Å². The summed E-state index contributed by atoms with van der Waals surface area (Å²) in [4.78, 5) is 23.6. The number of anilines is 1. The molecule has 22 heavy (non-hydrogen) atoms. The van der Waals surface area contributed by atoms with Gasteiger partial charge in [0, 0.05) is 18.8 Å². The van der Waals surface area contributed by atoms with Gasteiger partial charge in [-0.2, -0.15) is 10.5 Å². The van der Waals surface area contributed by atoms with Crippen molar-refractivity contribution in [3.05, 3.63) is 28.4 Å². The Balaban J connectivity index is 2.14. The van der Waals surface area contributed by atoms with Gasteiger partial charge in [0.15, 0.2) is 5.82 Å². The van der Waals surface area contributed by atoms with Crippen LogP contribution in [0.1, 0.15) is 13.3 Å². The first-order valence-electron chi connectivity index (χ1n) is 6.65. The van der Waals surface area contributed by atoms with Gasteiger partial charge >= 0.3 is 0 Å². The van der Waals surface area contributed by atoms with E-state index in [0.29, 0.717) is 0 Å². The molecular weight excluding hydrogens is 307 g/mol. The van der Waals surface area contributed by atoms with Crippen LogP contribution in [-0.2, 0) is 11.3 Å². The lowest BCUT2D eigenvalue weighted by Crippen LogP contribution is -2.27. The molecule has 2 heterocycles. The fourth-order valence-electron chi connectivity index (χ4n) is 2.22. The zero-order valence-corrected chi connectivity index (χ0v) is 12.6. The molecule has 1 aromatic heterocycles. The normalized spacial score (nSPS) is 23.5. The smallest absolute Gasteiger partial charge is 0.286 e. The molecule has 1 fully saturated rings. The minimum Gasteiger partial charge on any atom is -0.324 e. The van der Waals surface area contributed by atoms with E-state index in [9.17, 15) is 14.0 Å². The maximum absolute atomic E-state index is 13.5. The summed E-state index contributed by atoms with van der Waals surface area (Å²) in [6.45, 7) is 1.97. The van der Waals surface area contributed by atoms with Gasteiger partial charge in [-0.1, -0.05) is 0 Å². The van der Waals surface area contributed by atoms with Gasteiger partial charge in [-0.3, -0.25) is 9.59 Å². The number of thioether (sulfide) groups is 1. The van der Waals surface area contributed by atoms with E-state index >= 15 is 0 Å². The first kappa shape index (κ1) is 16.1. The van der Waals surface area contributed by atoms with Gasteiger partial charge in [-0.05, 0) is 13.3 Å². The molecule has 1 aliphatic rings. The van der Waals surface area contributed by atoms with E-state index in [-0.39, 0.29) is 18.7 Å². The molecule has 1 amide bonds. The molecule has 0 radical (unpaired) electrons. The quantitative estimate of drug-likeness (QED) is 0.909. The molecular formula is C14H13FN4O2S. The molecule has 0 aliphatic carbocycles. The highest BCUT2D eigenvalue weighted by Crippen LogP contribution is 2.38. The van der Waals surface area contributed by atoms with Crippen LogP contribution in [0.15, 0.2) is 17.1 Å². The Hall–Kier alpha value is -2.32. The van der Waals surface area contributed by atoms with Gasteiger partial charge in [0.1, 0.15) is 5.25 Å². The minimum absolute atomic E-state index is 0.179. The molecule has 1 saturated heterocycles. The van der Waals surface area contributed by atoms with Gasteiger partial charge in [-0.15, -0.1) is 11.8 Å². The topological polar surface area (TPSA) is 98.7 Å². The third-order valence-corrected chi connectivity index (χ3v) is 4.84. The van der Waals surface area contributed by atoms with E-state index in [1.165, 1.54) is 6.20 Å². The molecule has 0 saturated carbocycles. The fraction of sp³-hybridized carbons (Fsp3) is 0.429. The number of aromatic nitrogens is 1. The van der Waals surface area contributed by atoms with Crippen molar-refractivity contribution < 1.29 is 9.18 Å². The number of amides is 1. The number of carbonyl (C=O) groups is 1. The Kier molecular flexibility index (Phi) is 4.84. The Morgan fingerprint density at radius 2 is 2.27 bits per heavy atom. The van der Waals surface area contributed by atoms with Gasteiger partial charge in [0.05, 0.1) is 29.0 Å².